The molecule has 0 bridgehead atoms. The van der Waals surface area contributed by atoms with Crippen LogP contribution in [0, 0.1) is 0 Å². The molecule has 1 aliphatic heterocycles. The lowest BCUT2D eigenvalue weighted by atomic mass is 10.1. The number of aliphatic hydroxyl groups is 1. The maximum Gasteiger partial charge on any atom is 0.107 e. The predicted octanol–water partition coefficient (Wildman–Crippen LogP) is 2.50. The topological polar surface area (TPSA) is 32.8 Å². The van der Waals surface area contributed by atoms with Crippen molar-refractivity contribution < 1.29 is 9.84 Å². The fourth-order valence-corrected chi connectivity index (χ4v) is 1.72. The molecule has 2 heteroatoms. The Labute approximate surface area is 81.3 Å². The molecule has 78 valence electrons. The Morgan fingerprint density at radius 1 is 1.00 bits per heavy atom. The first-order valence-corrected chi connectivity index (χ1v) is 5.64. The maximum atomic E-state index is 8.72. The van der Waals surface area contributed by atoms with Gasteiger partial charge in [0, 0.05) is 0 Å². The molecule has 13 heavy (non-hydrogen) atoms. The third-order valence-electron chi connectivity index (χ3n) is 2.71. The van der Waals surface area contributed by atoms with Crippen molar-refractivity contribution in [2.24, 2.45) is 0 Å². The number of ether oxygens (including phenoxy) is 1. The minimum Gasteiger partial charge on any atom is -0.394 e. The zero-order valence-corrected chi connectivity index (χ0v) is 8.67. The highest BCUT2D eigenvalue weighted by Crippen LogP contribution is 2.26. The third kappa shape index (κ3) is 4.63. The van der Waals surface area contributed by atoms with Crippen molar-refractivity contribution in [1.29, 1.82) is 0 Å². The van der Waals surface area contributed by atoms with E-state index in [0.29, 0.717) is 6.10 Å². The minimum atomic E-state index is 0.177. The summed E-state index contributed by atoms with van der Waals surface area (Å²) in [6.45, 7) is 2.45. The average molecular weight is 186 g/mol. The molecular formula is C11H22O2. The summed E-state index contributed by atoms with van der Waals surface area (Å²) in [5, 5.41) is 8.72. The van der Waals surface area contributed by atoms with Crippen molar-refractivity contribution in [3.63, 3.8) is 0 Å². The van der Waals surface area contributed by atoms with Gasteiger partial charge >= 0.3 is 0 Å². The largest absolute Gasteiger partial charge is 0.394 e. The lowest BCUT2D eigenvalue weighted by Gasteiger charge is -1.98. The summed E-state index contributed by atoms with van der Waals surface area (Å²) in [6.07, 6.45) is 9.75. The fourth-order valence-electron chi connectivity index (χ4n) is 1.72. The summed E-state index contributed by atoms with van der Waals surface area (Å²) < 4.78 is 5.24. The summed E-state index contributed by atoms with van der Waals surface area (Å²) in [7, 11) is 0. The van der Waals surface area contributed by atoms with Gasteiger partial charge in [-0.15, -0.1) is 0 Å². The number of epoxide rings is 1. The number of rotatable bonds is 8. The van der Waals surface area contributed by atoms with Crippen LogP contribution >= 0.6 is 0 Å². The van der Waals surface area contributed by atoms with Crippen LogP contribution < -0.4 is 0 Å². The van der Waals surface area contributed by atoms with Gasteiger partial charge in [0.1, 0.15) is 6.10 Å². The molecule has 0 amide bonds. The van der Waals surface area contributed by atoms with Crippen molar-refractivity contribution in [2.45, 2.75) is 64.1 Å². The van der Waals surface area contributed by atoms with Crippen molar-refractivity contribution in [2.75, 3.05) is 6.61 Å². The maximum absolute atomic E-state index is 8.72. The van der Waals surface area contributed by atoms with Gasteiger partial charge in [-0.2, -0.15) is 0 Å². The van der Waals surface area contributed by atoms with E-state index in [2.05, 4.69) is 6.92 Å². The second-order valence-electron chi connectivity index (χ2n) is 3.95. The van der Waals surface area contributed by atoms with Gasteiger partial charge in [0.05, 0.1) is 12.7 Å². The lowest BCUT2D eigenvalue weighted by Crippen LogP contribution is -1.98. The fraction of sp³-hybridized carbons (Fsp3) is 1.00. The van der Waals surface area contributed by atoms with E-state index in [-0.39, 0.29) is 12.7 Å². The Morgan fingerprint density at radius 3 is 2.31 bits per heavy atom. The van der Waals surface area contributed by atoms with E-state index in [9.17, 15) is 0 Å². The van der Waals surface area contributed by atoms with Gasteiger partial charge in [-0.1, -0.05) is 45.4 Å². The van der Waals surface area contributed by atoms with Crippen LogP contribution in [0.1, 0.15) is 51.9 Å². The number of hydrogen-bond donors (Lipinski definition) is 1. The quantitative estimate of drug-likeness (QED) is 0.466. The van der Waals surface area contributed by atoms with Gasteiger partial charge in [-0.3, -0.25) is 0 Å². The predicted molar refractivity (Wildman–Crippen MR) is 53.7 cm³/mol. The second kappa shape index (κ2) is 6.39. The van der Waals surface area contributed by atoms with Crippen LogP contribution in [-0.2, 0) is 4.74 Å². The highest BCUT2D eigenvalue weighted by molar-refractivity contribution is 4.83. The van der Waals surface area contributed by atoms with Crippen molar-refractivity contribution in [3.05, 3.63) is 0 Å². The number of hydrogen-bond acceptors (Lipinski definition) is 2. The van der Waals surface area contributed by atoms with Crippen molar-refractivity contribution in [1.82, 2.24) is 0 Å². The molecule has 2 atom stereocenters. The molecule has 0 saturated carbocycles. The molecule has 1 aliphatic rings. The Morgan fingerprint density at radius 2 is 1.69 bits per heavy atom. The van der Waals surface area contributed by atoms with Crippen LogP contribution in [0.2, 0.25) is 0 Å². The molecule has 1 heterocycles. The first-order valence-electron chi connectivity index (χ1n) is 5.64. The van der Waals surface area contributed by atoms with E-state index in [0.717, 1.165) is 6.42 Å². The van der Waals surface area contributed by atoms with Gasteiger partial charge in [-0.05, 0) is 6.42 Å². The van der Waals surface area contributed by atoms with Gasteiger partial charge in [0.15, 0.2) is 0 Å². The Balaban J connectivity index is 1.75. The molecule has 0 aliphatic carbocycles. The monoisotopic (exact) mass is 186 g/mol. The van der Waals surface area contributed by atoms with E-state index in [1.165, 1.54) is 38.5 Å². The zero-order chi connectivity index (χ0) is 9.52. The van der Waals surface area contributed by atoms with E-state index in [1.54, 1.807) is 0 Å². The Bertz CT molecular complexity index is 125. The molecule has 1 rings (SSSR count). The van der Waals surface area contributed by atoms with Crippen LogP contribution in [-0.4, -0.2) is 23.9 Å². The van der Waals surface area contributed by atoms with Crippen molar-refractivity contribution >= 4 is 0 Å². The average Bonchev–Trinajstić information content (AvgIpc) is 2.90. The van der Waals surface area contributed by atoms with Crippen LogP contribution in [0.5, 0.6) is 0 Å². The highest BCUT2D eigenvalue weighted by Gasteiger charge is 2.36. The molecule has 0 unspecified atom stereocenters. The molecule has 1 N–H and O–H groups in total. The summed E-state index contributed by atoms with van der Waals surface area (Å²) in [5.41, 5.74) is 0. The van der Waals surface area contributed by atoms with Crippen molar-refractivity contribution in [3.8, 4) is 0 Å². The molecule has 0 spiro atoms. The molecule has 0 aromatic carbocycles. The van der Waals surface area contributed by atoms with Gasteiger partial charge in [0.25, 0.3) is 0 Å². The lowest BCUT2D eigenvalue weighted by molar-refractivity contribution is 0.241. The summed E-state index contributed by atoms with van der Waals surface area (Å²) in [4.78, 5) is 0. The first kappa shape index (κ1) is 11.0. The normalized spacial score (nSPS) is 26.3. The summed E-state index contributed by atoms with van der Waals surface area (Å²) >= 11 is 0. The van der Waals surface area contributed by atoms with Gasteiger partial charge < -0.3 is 9.84 Å². The van der Waals surface area contributed by atoms with E-state index < -0.39 is 0 Å². The number of aliphatic hydroxyl groups excluding tert-OH is 1. The van der Waals surface area contributed by atoms with Gasteiger partial charge in [-0.25, -0.2) is 0 Å². The van der Waals surface area contributed by atoms with Crippen LogP contribution in [0.3, 0.4) is 0 Å². The smallest absolute Gasteiger partial charge is 0.107 e. The Hall–Kier alpha value is -0.0800. The molecule has 0 aromatic heterocycles. The number of unbranched alkanes of at least 4 members (excludes halogenated alkanes) is 5. The molecule has 1 saturated heterocycles. The third-order valence-corrected chi connectivity index (χ3v) is 2.71. The van der Waals surface area contributed by atoms with E-state index in [4.69, 9.17) is 9.84 Å². The zero-order valence-electron chi connectivity index (χ0n) is 8.67. The van der Waals surface area contributed by atoms with E-state index >= 15 is 0 Å². The van der Waals surface area contributed by atoms with Crippen LogP contribution in [0.15, 0.2) is 0 Å². The summed E-state index contributed by atoms with van der Waals surface area (Å²) in [6, 6.07) is 0. The molecule has 2 nitrogen and oxygen atoms in total. The van der Waals surface area contributed by atoms with E-state index in [1.807, 2.05) is 0 Å². The minimum absolute atomic E-state index is 0.177. The highest BCUT2D eigenvalue weighted by atomic mass is 16.6. The molecule has 1 fully saturated rings. The van der Waals surface area contributed by atoms with Gasteiger partial charge in [0.2, 0.25) is 0 Å². The SMILES string of the molecule is CCCCCCCC[C@H]1O[C@@H]1CO. The molecular weight excluding hydrogens is 164 g/mol. The molecule has 0 aromatic rings. The standard InChI is InChI=1S/C11H22O2/c1-2-3-4-5-6-7-8-10-11(9-12)13-10/h10-12H,2-9H2,1H3/t10-,11-/m1/s1. The Kier molecular flexibility index (Phi) is 5.40. The molecule has 0 radical (unpaired) electrons. The van der Waals surface area contributed by atoms with Crippen LogP contribution in [0.4, 0.5) is 0 Å². The van der Waals surface area contributed by atoms with Crippen LogP contribution in [0.25, 0.3) is 0 Å². The summed E-state index contributed by atoms with van der Waals surface area (Å²) in [5.74, 6) is 0. The second-order valence-corrected chi connectivity index (χ2v) is 3.95. The first-order chi connectivity index (χ1) is 6.38.